The van der Waals surface area contributed by atoms with Gasteiger partial charge in [-0.05, 0) is 18.8 Å². The second-order valence-corrected chi connectivity index (χ2v) is 6.10. The first-order chi connectivity index (χ1) is 8.66. The maximum atomic E-state index is 6.34. The molecule has 1 heterocycles. The molecule has 0 amide bonds. The number of hydrogen-bond donors (Lipinski definition) is 1. The Bertz CT molecular complexity index is 364. The fraction of sp³-hybridized carbons (Fsp3) is 0.846. The standard InChI is InChI=1S/C13H23ClN4/c1-10(2)8-18-13(16-9-17-18)7-15-12-6-4-3-5-11(12)14/h9-12,15H,3-8H2,1-2H3. The van der Waals surface area contributed by atoms with Crippen molar-refractivity contribution in [3.8, 4) is 0 Å². The summed E-state index contributed by atoms with van der Waals surface area (Å²) in [5.74, 6) is 1.60. The fourth-order valence-electron chi connectivity index (χ4n) is 2.46. The molecule has 1 N–H and O–H groups in total. The molecule has 0 saturated heterocycles. The Morgan fingerprint density at radius 3 is 2.94 bits per heavy atom. The molecule has 0 bridgehead atoms. The molecule has 0 radical (unpaired) electrons. The van der Waals surface area contributed by atoms with Gasteiger partial charge < -0.3 is 5.32 Å². The molecule has 1 aliphatic carbocycles. The third kappa shape index (κ3) is 3.69. The molecule has 2 atom stereocenters. The van der Waals surface area contributed by atoms with E-state index < -0.39 is 0 Å². The highest BCUT2D eigenvalue weighted by atomic mass is 35.5. The van der Waals surface area contributed by atoms with Gasteiger partial charge in [0.15, 0.2) is 0 Å². The molecule has 1 aromatic heterocycles. The van der Waals surface area contributed by atoms with E-state index in [2.05, 4.69) is 29.2 Å². The van der Waals surface area contributed by atoms with Crippen LogP contribution in [0.25, 0.3) is 0 Å². The zero-order valence-electron chi connectivity index (χ0n) is 11.3. The number of nitrogens with zero attached hydrogens (tertiary/aromatic N) is 3. The van der Waals surface area contributed by atoms with E-state index in [9.17, 15) is 0 Å². The van der Waals surface area contributed by atoms with Crippen LogP contribution in [-0.2, 0) is 13.1 Å². The van der Waals surface area contributed by atoms with Gasteiger partial charge >= 0.3 is 0 Å². The average molecular weight is 271 g/mol. The minimum absolute atomic E-state index is 0.264. The highest BCUT2D eigenvalue weighted by molar-refractivity contribution is 6.21. The Kier molecular flexibility index (Phi) is 5.01. The van der Waals surface area contributed by atoms with Crippen molar-refractivity contribution in [2.45, 2.75) is 64.0 Å². The summed E-state index contributed by atoms with van der Waals surface area (Å²) in [6.45, 7) is 6.07. The van der Waals surface area contributed by atoms with Crippen LogP contribution in [0.1, 0.15) is 45.4 Å². The highest BCUT2D eigenvalue weighted by Gasteiger charge is 2.22. The Hall–Kier alpha value is -0.610. The van der Waals surface area contributed by atoms with Crippen molar-refractivity contribution in [1.82, 2.24) is 20.1 Å². The molecule has 1 aromatic rings. The van der Waals surface area contributed by atoms with Crippen molar-refractivity contribution < 1.29 is 0 Å². The SMILES string of the molecule is CC(C)Cn1ncnc1CNC1CCCCC1Cl. The summed E-state index contributed by atoms with van der Waals surface area (Å²) < 4.78 is 1.99. The molecule has 4 nitrogen and oxygen atoms in total. The maximum absolute atomic E-state index is 6.34. The van der Waals surface area contributed by atoms with Gasteiger partial charge in [-0.15, -0.1) is 11.6 Å². The lowest BCUT2D eigenvalue weighted by atomic mass is 9.95. The summed E-state index contributed by atoms with van der Waals surface area (Å²) in [4.78, 5) is 4.32. The number of aromatic nitrogens is 3. The summed E-state index contributed by atoms with van der Waals surface area (Å²) in [6, 6.07) is 0.421. The number of rotatable bonds is 5. The fourth-order valence-corrected chi connectivity index (χ4v) is 2.83. The molecule has 18 heavy (non-hydrogen) atoms. The van der Waals surface area contributed by atoms with Gasteiger partial charge in [-0.3, -0.25) is 0 Å². The van der Waals surface area contributed by atoms with Crippen molar-refractivity contribution >= 4 is 11.6 Å². The molecule has 1 aliphatic rings. The van der Waals surface area contributed by atoms with Gasteiger partial charge in [0.25, 0.3) is 0 Å². The van der Waals surface area contributed by atoms with Gasteiger partial charge in [0.2, 0.25) is 0 Å². The minimum Gasteiger partial charge on any atom is -0.306 e. The molecule has 2 rings (SSSR count). The average Bonchev–Trinajstić information content (AvgIpc) is 2.75. The predicted molar refractivity (Wildman–Crippen MR) is 73.6 cm³/mol. The van der Waals surface area contributed by atoms with E-state index in [0.717, 1.165) is 25.3 Å². The van der Waals surface area contributed by atoms with Crippen LogP contribution < -0.4 is 5.32 Å². The Balaban J connectivity index is 1.87. The summed E-state index contributed by atoms with van der Waals surface area (Å²) in [5.41, 5.74) is 0. The third-order valence-electron chi connectivity index (χ3n) is 3.44. The van der Waals surface area contributed by atoms with Gasteiger partial charge in [-0.25, -0.2) is 9.67 Å². The van der Waals surface area contributed by atoms with Crippen molar-refractivity contribution in [3.63, 3.8) is 0 Å². The van der Waals surface area contributed by atoms with Crippen LogP contribution in [0.5, 0.6) is 0 Å². The van der Waals surface area contributed by atoms with Crippen LogP contribution in [0.3, 0.4) is 0 Å². The second-order valence-electron chi connectivity index (χ2n) is 5.54. The largest absolute Gasteiger partial charge is 0.306 e. The van der Waals surface area contributed by atoms with Crippen molar-refractivity contribution in [3.05, 3.63) is 12.2 Å². The summed E-state index contributed by atoms with van der Waals surface area (Å²) in [6.07, 6.45) is 6.47. The van der Waals surface area contributed by atoms with Crippen molar-refractivity contribution in [2.75, 3.05) is 0 Å². The molecule has 1 fully saturated rings. The number of alkyl halides is 1. The predicted octanol–water partition coefficient (Wildman–Crippen LogP) is 2.57. The van der Waals surface area contributed by atoms with Crippen LogP contribution in [0.2, 0.25) is 0 Å². The summed E-state index contributed by atoms with van der Waals surface area (Å²) >= 11 is 6.34. The number of hydrogen-bond acceptors (Lipinski definition) is 3. The van der Waals surface area contributed by atoms with Gasteiger partial charge in [0.1, 0.15) is 12.2 Å². The quantitative estimate of drug-likeness (QED) is 0.837. The van der Waals surface area contributed by atoms with Crippen LogP contribution >= 0.6 is 11.6 Å². The Labute approximate surface area is 114 Å². The van der Waals surface area contributed by atoms with Crippen molar-refractivity contribution in [2.24, 2.45) is 5.92 Å². The molecule has 102 valence electrons. The van der Waals surface area contributed by atoms with Crippen LogP contribution in [0.4, 0.5) is 0 Å². The van der Waals surface area contributed by atoms with E-state index >= 15 is 0 Å². The monoisotopic (exact) mass is 270 g/mol. The van der Waals surface area contributed by atoms with Gasteiger partial charge in [-0.2, -0.15) is 5.10 Å². The third-order valence-corrected chi connectivity index (χ3v) is 3.96. The summed E-state index contributed by atoms with van der Waals surface area (Å²) in [7, 11) is 0. The zero-order valence-corrected chi connectivity index (χ0v) is 12.0. The highest BCUT2D eigenvalue weighted by Crippen LogP contribution is 2.23. The van der Waals surface area contributed by atoms with E-state index in [1.54, 1.807) is 6.33 Å². The molecule has 0 aromatic carbocycles. The van der Waals surface area contributed by atoms with Crippen LogP contribution in [0.15, 0.2) is 6.33 Å². The second kappa shape index (κ2) is 6.53. The van der Waals surface area contributed by atoms with E-state index in [1.807, 2.05) is 4.68 Å². The molecule has 1 saturated carbocycles. The maximum Gasteiger partial charge on any atom is 0.140 e. The Morgan fingerprint density at radius 1 is 1.44 bits per heavy atom. The van der Waals surface area contributed by atoms with Crippen molar-refractivity contribution in [1.29, 1.82) is 0 Å². The normalized spacial score (nSPS) is 24.7. The lowest BCUT2D eigenvalue weighted by Gasteiger charge is -2.27. The molecule has 5 heteroatoms. The summed E-state index contributed by atoms with van der Waals surface area (Å²) in [5, 5.41) is 8.07. The molecular weight excluding hydrogens is 248 g/mol. The lowest BCUT2D eigenvalue weighted by molar-refractivity contribution is 0.367. The zero-order chi connectivity index (χ0) is 13.0. The van der Waals surface area contributed by atoms with Crippen LogP contribution in [-0.4, -0.2) is 26.2 Å². The smallest absolute Gasteiger partial charge is 0.140 e. The molecule has 0 spiro atoms. The van der Waals surface area contributed by atoms with Gasteiger partial charge in [-0.1, -0.05) is 26.7 Å². The first-order valence-corrected chi connectivity index (χ1v) is 7.34. The first kappa shape index (κ1) is 13.8. The molecular formula is C13H23ClN4. The van der Waals surface area contributed by atoms with E-state index in [1.165, 1.54) is 19.3 Å². The minimum atomic E-state index is 0.264. The topological polar surface area (TPSA) is 42.7 Å². The van der Waals surface area contributed by atoms with Gasteiger partial charge in [0, 0.05) is 18.0 Å². The molecule has 2 unspecified atom stereocenters. The van der Waals surface area contributed by atoms with Crippen LogP contribution in [0, 0.1) is 5.92 Å². The number of halogens is 1. The Morgan fingerprint density at radius 2 is 2.22 bits per heavy atom. The van der Waals surface area contributed by atoms with E-state index in [4.69, 9.17) is 11.6 Å². The van der Waals surface area contributed by atoms with E-state index in [0.29, 0.717) is 12.0 Å². The first-order valence-electron chi connectivity index (χ1n) is 6.91. The molecule has 0 aliphatic heterocycles. The van der Waals surface area contributed by atoms with Gasteiger partial charge in [0.05, 0.1) is 6.54 Å². The lowest BCUT2D eigenvalue weighted by Crippen LogP contribution is -2.39. The number of nitrogens with one attached hydrogen (secondary N) is 1. The van der Waals surface area contributed by atoms with E-state index in [-0.39, 0.29) is 5.38 Å².